The summed E-state index contributed by atoms with van der Waals surface area (Å²) in [5.41, 5.74) is -7.42. The second kappa shape index (κ2) is 12.2. The first-order valence-corrected chi connectivity index (χ1v) is 6.86. The summed E-state index contributed by atoms with van der Waals surface area (Å²) in [4.78, 5) is 61.6. The molecule has 0 saturated carbocycles. The Kier molecular flexibility index (Phi) is 12.9. The molecule has 0 saturated heterocycles. The minimum absolute atomic E-state index is 0. The number of aliphatic hydroxyl groups excluding tert-OH is 4. The smallest absolute Gasteiger partial charge is 0.479 e. The Morgan fingerprint density at radius 3 is 0.645 bits per heavy atom. The maximum atomic E-state index is 10.4. The molecule has 4 atom stereocenters. The summed E-state index contributed by atoms with van der Waals surface area (Å²) >= 11 is 0. The molecule has 0 aromatic heterocycles. The van der Waals surface area contributed by atoms with Crippen molar-refractivity contribution in [3.8, 4) is 0 Å². The number of carbonyl (C=O) groups is 6. The molecule has 0 aliphatic rings. The normalized spacial score (nSPS) is 18.0. The first-order chi connectivity index (χ1) is 13.3. The van der Waals surface area contributed by atoms with Crippen LogP contribution in [0.5, 0.6) is 0 Å². The fourth-order valence-corrected chi connectivity index (χ4v) is 1.52. The largest absolute Gasteiger partial charge is 2.00 e. The van der Waals surface area contributed by atoms with Gasteiger partial charge in [0, 0.05) is 0 Å². The average Bonchev–Trinajstić information content (AvgIpc) is 2.63. The molecule has 0 aromatic rings. The molecule has 0 heterocycles. The topological polar surface area (TPSA) is 345 Å². The van der Waals surface area contributed by atoms with Crippen molar-refractivity contribution in [2.45, 2.75) is 35.6 Å². The predicted octanol–water partition coefficient (Wildman–Crippen LogP) is -6.62. The number of hydrogen-bond acceptors (Lipinski definition) is 12. The van der Waals surface area contributed by atoms with E-state index >= 15 is 0 Å². The molecular formula is C12H16O18Zn+2. The van der Waals surface area contributed by atoms with Crippen molar-refractivity contribution in [1.29, 1.82) is 0 Å². The quantitative estimate of drug-likeness (QED) is 0.121. The monoisotopic (exact) mass is 512 g/mol. The Hall–Kier alpha value is -2.80. The fraction of sp³-hybridized carbons (Fsp3) is 0.500. The van der Waals surface area contributed by atoms with Crippen LogP contribution in [0.15, 0.2) is 0 Å². The van der Waals surface area contributed by atoms with Crippen molar-refractivity contribution >= 4 is 35.8 Å². The van der Waals surface area contributed by atoms with E-state index < -0.39 is 71.4 Å². The first kappa shape index (κ1) is 32.9. The first-order valence-electron chi connectivity index (χ1n) is 6.86. The van der Waals surface area contributed by atoms with Crippen molar-refractivity contribution in [1.82, 2.24) is 0 Å². The summed E-state index contributed by atoms with van der Waals surface area (Å²) in [7, 11) is 0. The van der Waals surface area contributed by atoms with E-state index in [1.807, 2.05) is 0 Å². The standard InChI is InChI=1S/2C6H8O9.Zn/c2*7-1(3(9)10)6(15,5(13)14)2(8)4(11)12;/h2*1-2,7-8,15H,(H,9,10)(H,11,12)(H,13,14);/q;;+2. The number of carboxylic acid groups (broad SMARTS) is 6. The van der Waals surface area contributed by atoms with E-state index in [0.29, 0.717) is 0 Å². The average molecular weight is 514 g/mol. The van der Waals surface area contributed by atoms with E-state index in [1.165, 1.54) is 0 Å². The minimum atomic E-state index is -3.71. The van der Waals surface area contributed by atoms with Gasteiger partial charge in [0.05, 0.1) is 0 Å². The van der Waals surface area contributed by atoms with Crippen LogP contribution in [-0.4, -0.2) is 133 Å². The van der Waals surface area contributed by atoms with Gasteiger partial charge in [0.15, 0.2) is 24.4 Å². The number of aliphatic hydroxyl groups is 6. The van der Waals surface area contributed by atoms with Gasteiger partial charge >= 0.3 is 55.3 Å². The van der Waals surface area contributed by atoms with Crippen molar-refractivity contribution in [2.75, 3.05) is 0 Å². The van der Waals surface area contributed by atoms with Crippen LogP contribution >= 0.6 is 0 Å². The molecule has 4 unspecified atom stereocenters. The summed E-state index contributed by atoms with van der Waals surface area (Å²) in [6.45, 7) is 0. The van der Waals surface area contributed by atoms with Gasteiger partial charge in [0.1, 0.15) is 0 Å². The van der Waals surface area contributed by atoms with Crippen LogP contribution in [0.2, 0.25) is 0 Å². The zero-order chi connectivity index (χ0) is 24.8. The molecule has 31 heavy (non-hydrogen) atoms. The van der Waals surface area contributed by atoms with Gasteiger partial charge in [-0.05, 0) is 0 Å². The SMILES string of the molecule is O=C(O)C(O)C(O)(C(=O)O)C(O)C(=O)O.O=C(O)C(O)C(O)(C(=O)O)C(O)C(=O)O.[Zn+2]. The molecule has 0 fully saturated rings. The van der Waals surface area contributed by atoms with Gasteiger partial charge in [-0.2, -0.15) is 0 Å². The molecule has 18 nitrogen and oxygen atoms in total. The molecule has 0 amide bonds. The number of hydrogen-bond donors (Lipinski definition) is 12. The van der Waals surface area contributed by atoms with Crippen molar-refractivity contribution in [3.05, 3.63) is 0 Å². The molecule has 172 valence electrons. The molecule has 0 bridgehead atoms. The van der Waals surface area contributed by atoms with E-state index in [2.05, 4.69) is 0 Å². The van der Waals surface area contributed by atoms with E-state index in [9.17, 15) is 28.8 Å². The van der Waals surface area contributed by atoms with Gasteiger partial charge in [-0.1, -0.05) is 0 Å². The van der Waals surface area contributed by atoms with E-state index in [1.54, 1.807) is 0 Å². The van der Waals surface area contributed by atoms with Crippen LogP contribution in [0.4, 0.5) is 0 Å². The number of carboxylic acids is 6. The predicted molar refractivity (Wildman–Crippen MR) is 79.7 cm³/mol. The van der Waals surface area contributed by atoms with Gasteiger partial charge in [-0.3, -0.25) is 0 Å². The van der Waals surface area contributed by atoms with Crippen LogP contribution in [-0.2, 0) is 48.2 Å². The third-order valence-corrected chi connectivity index (χ3v) is 3.29. The van der Waals surface area contributed by atoms with Gasteiger partial charge in [-0.25, -0.2) is 28.8 Å². The molecule has 0 radical (unpaired) electrons. The maximum Gasteiger partial charge on any atom is 2.00 e. The van der Waals surface area contributed by atoms with E-state index in [0.717, 1.165) is 0 Å². The molecule has 0 rings (SSSR count). The molecule has 0 aliphatic heterocycles. The fourth-order valence-electron chi connectivity index (χ4n) is 1.52. The summed E-state index contributed by atoms with van der Waals surface area (Å²) < 4.78 is 0. The molecule has 0 aromatic carbocycles. The van der Waals surface area contributed by atoms with Crippen LogP contribution in [0.3, 0.4) is 0 Å². The Labute approximate surface area is 181 Å². The summed E-state index contributed by atoms with van der Waals surface area (Å²) in [6.07, 6.45) is -11.9. The van der Waals surface area contributed by atoms with Gasteiger partial charge < -0.3 is 61.3 Å². The number of aliphatic carboxylic acids is 6. The Morgan fingerprint density at radius 2 is 0.581 bits per heavy atom. The second-order valence-electron chi connectivity index (χ2n) is 5.22. The van der Waals surface area contributed by atoms with Gasteiger partial charge in [0.25, 0.3) is 0 Å². The Bertz CT molecular complexity index is 616. The molecule has 19 heteroatoms. The number of rotatable bonds is 10. The van der Waals surface area contributed by atoms with Crippen molar-refractivity contribution in [3.63, 3.8) is 0 Å². The van der Waals surface area contributed by atoms with Crippen LogP contribution in [0, 0.1) is 0 Å². The summed E-state index contributed by atoms with van der Waals surface area (Å²) in [5, 5.41) is 103. The van der Waals surface area contributed by atoms with Crippen molar-refractivity contribution < 1.29 is 110 Å². The van der Waals surface area contributed by atoms with Crippen LogP contribution in [0.25, 0.3) is 0 Å². The zero-order valence-corrected chi connectivity index (χ0v) is 17.8. The van der Waals surface area contributed by atoms with Crippen LogP contribution in [0.1, 0.15) is 0 Å². The maximum absolute atomic E-state index is 10.4. The molecule has 0 aliphatic carbocycles. The zero-order valence-electron chi connectivity index (χ0n) is 14.8. The minimum Gasteiger partial charge on any atom is -0.479 e. The van der Waals surface area contributed by atoms with E-state index in [4.69, 9.17) is 61.3 Å². The summed E-state index contributed by atoms with van der Waals surface area (Å²) in [5.74, 6) is -13.5. The Balaban J connectivity index is -0.000000490. The van der Waals surface area contributed by atoms with Crippen molar-refractivity contribution in [2.24, 2.45) is 0 Å². The third-order valence-electron chi connectivity index (χ3n) is 3.29. The third kappa shape index (κ3) is 7.14. The Morgan fingerprint density at radius 1 is 0.452 bits per heavy atom. The van der Waals surface area contributed by atoms with Crippen LogP contribution < -0.4 is 0 Å². The molecule has 0 spiro atoms. The molecule has 12 N–H and O–H groups in total. The second-order valence-corrected chi connectivity index (χ2v) is 5.22. The van der Waals surface area contributed by atoms with E-state index in [-0.39, 0.29) is 19.5 Å². The van der Waals surface area contributed by atoms with Gasteiger partial charge in [0.2, 0.25) is 11.2 Å². The summed E-state index contributed by atoms with van der Waals surface area (Å²) in [6, 6.07) is 0. The van der Waals surface area contributed by atoms with Gasteiger partial charge in [-0.15, -0.1) is 0 Å². The molecular weight excluding hydrogens is 498 g/mol.